The van der Waals surface area contributed by atoms with E-state index in [1.807, 2.05) is 0 Å². The van der Waals surface area contributed by atoms with Gasteiger partial charge >= 0.3 is 0 Å². The van der Waals surface area contributed by atoms with Gasteiger partial charge in [0.15, 0.2) is 0 Å². The van der Waals surface area contributed by atoms with E-state index in [-0.39, 0.29) is 16.3 Å². The normalized spacial score (nSPS) is 15.9. The fourth-order valence-electron chi connectivity index (χ4n) is 2.81. The molecule has 0 aliphatic carbocycles. The fraction of sp³-hybridized carbons (Fsp3) is 0.294. The summed E-state index contributed by atoms with van der Waals surface area (Å²) < 4.78 is 66.5. The Labute approximate surface area is 152 Å². The van der Waals surface area contributed by atoms with Gasteiger partial charge in [0, 0.05) is 18.8 Å². The summed E-state index contributed by atoms with van der Waals surface area (Å²) in [5, 5.41) is 0. The molecule has 26 heavy (non-hydrogen) atoms. The van der Waals surface area contributed by atoms with Crippen molar-refractivity contribution < 1.29 is 21.2 Å². The molecule has 1 fully saturated rings. The number of hydrogen-bond donors (Lipinski definition) is 1. The molecule has 1 heterocycles. The summed E-state index contributed by atoms with van der Waals surface area (Å²) in [6, 6.07) is 10.9. The number of sulfonamides is 2. The van der Waals surface area contributed by atoms with Gasteiger partial charge < -0.3 is 0 Å². The second-order valence-electron chi connectivity index (χ2n) is 6.13. The van der Waals surface area contributed by atoms with Crippen molar-refractivity contribution in [3.05, 3.63) is 59.9 Å². The number of halogens is 1. The highest BCUT2D eigenvalue weighted by atomic mass is 32.2. The van der Waals surface area contributed by atoms with Crippen LogP contribution in [-0.2, 0) is 25.8 Å². The minimum absolute atomic E-state index is 0.0568. The third-order valence-electron chi connectivity index (χ3n) is 4.08. The predicted molar refractivity (Wildman–Crippen MR) is 97.1 cm³/mol. The zero-order valence-corrected chi connectivity index (χ0v) is 15.6. The molecule has 1 aliphatic heterocycles. The lowest BCUT2D eigenvalue weighted by Gasteiger charge is -2.16. The molecule has 1 saturated heterocycles. The number of nitrogens with zero attached hydrogens (tertiary/aromatic N) is 1. The summed E-state index contributed by atoms with van der Waals surface area (Å²) in [5.41, 5.74) is 0.604. The summed E-state index contributed by atoms with van der Waals surface area (Å²) in [5.74, 6) is -0.782. The number of benzene rings is 2. The van der Waals surface area contributed by atoms with Gasteiger partial charge in [0.25, 0.3) is 0 Å². The Hall–Kier alpha value is -1.97. The van der Waals surface area contributed by atoms with Crippen molar-refractivity contribution in [2.75, 3.05) is 17.8 Å². The van der Waals surface area contributed by atoms with Gasteiger partial charge in [-0.2, -0.15) is 4.31 Å². The number of anilines is 1. The second-order valence-corrected chi connectivity index (χ2v) is 9.79. The number of rotatable bonds is 6. The third kappa shape index (κ3) is 4.40. The second kappa shape index (κ2) is 7.34. The van der Waals surface area contributed by atoms with Crippen molar-refractivity contribution in [3.8, 4) is 0 Å². The van der Waals surface area contributed by atoms with Gasteiger partial charge in [0.1, 0.15) is 5.82 Å². The van der Waals surface area contributed by atoms with Gasteiger partial charge in [0.2, 0.25) is 20.0 Å². The van der Waals surface area contributed by atoms with E-state index in [0.717, 1.165) is 12.8 Å². The quantitative estimate of drug-likeness (QED) is 0.811. The molecule has 1 N–H and O–H groups in total. The van der Waals surface area contributed by atoms with Crippen molar-refractivity contribution in [1.29, 1.82) is 0 Å². The molecule has 0 aromatic heterocycles. The van der Waals surface area contributed by atoms with Crippen molar-refractivity contribution in [2.24, 2.45) is 0 Å². The Balaban J connectivity index is 1.78. The fourth-order valence-corrected chi connectivity index (χ4v) is 5.57. The van der Waals surface area contributed by atoms with Crippen molar-refractivity contribution in [3.63, 3.8) is 0 Å². The molecule has 0 spiro atoms. The summed E-state index contributed by atoms with van der Waals surface area (Å²) in [7, 11) is -7.39. The van der Waals surface area contributed by atoms with Crippen LogP contribution in [0.15, 0.2) is 53.4 Å². The Morgan fingerprint density at radius 1 is 0.962 bits per heavy atom. The molecule has 1 aliphatic rings. The zero-order chi connectivity index (χ0) is 18.8. The van der Waals surface area contributed by atoms with Gasteiger partial charge in [-0.25, -0.2) is 21.2 Å². The molecule has 2 aromatic rings. The molecule has 140 valence electrons. The first-order valence-corrected chi connectivity index (χ1v) is 11.2. The van der Waals surface area contributed by atoms with E-state index in [9.17, 15) is 21.2 Å². The van der Waals surface area contributed by atoms with Crippen LogP contribution in [0.1, 0.15) is 18.4 Å². The molecular weight excluding hydrogens is 379 g/mol. The first-order chi connectivity index (χ1) is 12.3. The lowest BCUT2D eigenvalue weighted by molar-refractivity contribution is 0.477. The highest BCUT2D eigenvalue weighted by Crippen LogP contribution is 2.24. The van der Waals surface area contributed by atoms with E-state index in [4.69, 9.17) is 0 Å². The van der Waals surface area contributed by atoms with Crippen LogP contribution in [0.5, 0.6) is 0 Å². The van der Waals surface area contributed by atoms with Gasteiger partial charge in [-0.3, -0.25) is 4.72 Å². The van der Waals surface area contributed by atoms with Crippen LogP contribution >= 0.6 is 0 Å². The Morgan fingerprint density at radius 2 is 1.62 bits per heavy atom. The topological polar surface area (TPSA) is 83.5 Å². The lowest BCUT2D eigenvalue weighted by Crippen LogP contribution is -2.28. The number of hydrogen-bond acceptors (Lipinski definition) is 4. The summed E-state index contributed by atoms with van der Waals surface area (Å²) >= 11 is 0. The molecule has 6 nitrogen and oxygen atoms in total. The maximum absolute atomic E-state index is 12.9. The van der Waals surface area contributed by atoms with E-state index in [1.54, 1.807) is 0 Å². The first-order valence-electron chi connectivity index (χ1n) is 8.11. The highest BCUT2D eigenvalue weighted by Gasteiger charge is 2.27. The van der Waals surface area contributed by atoms with E-state index in [2.05, 4.69) is 4.72 Å². The van der Waals surface area contributed by atoms with E-state index >= 15 is 0 Å². The molecule has 0 bridgehead atoms. The standard InChI is InChI=1S/C17H19FN2O4S2/c18-15-8-6-14(7-9-15)13-25(21,22)19-16-4-3-5-17(12-16)26(23,24)20-10-1-2-11-20/h3-9,12,19H,1-2,10-11,13H2. The van der Waals surface area contributed by atoms with Crippen LogP contribution in [0, 0.1) is 5.82 Å². The predicted octanol–water partition coefficient (Wildman–Crippen LogP) is 2.55. The largest absolute Gasteiger partial charge is 0.283 e. The van der Waals surface area contributed by atoms with Crippen molar-refractivity contribution >= 4 is 25.7 Å². The number of nitrogens with one attached hydrogen (secondary N) is 1. The van der Waals surface area contributed by atoms with Gasteiger partial charge in [-0.05, 0) is 48.7 Å². The molecule has 9 heteroatoms. The summed E-state index contributed by atoms with van der Waals surface area (Å²) in [6.07, 6.45) is 1.65. The molecule has 3 rings (SSSR count). The SMILES string of the molecule is O=S(=O)(Cc1ccc(F)cc1)Nc1cccc(S(=O)(=O)N2CCCC2)c1. The minimum atomic E-state index is -3.76. The average molecular weight is 398 g/mol. The van der Waals surface area contributed by atoms with Crippen molar-refractivity contribution in [2.45, 2.75) is 23.5 Å². The Morgan fingerprint density at radius 3 is 2.27 bits per heavy atom. The third-order valence-corrected chi connectivity index (χ3v) is 7.23. The average Bonchev–Trinajstić information content (AvgIpc) is 3.12. The van der Waals surface area contributed by atoms with Crippen LogP contribution in [0.3, 0.4) is 0 Å². The monoisotopic (exact) mass is 398 g/mol. The van der Waals surface area contributed by atoms with Crippen molar-refractivity contribution in [1.82, 2.24) is 4.31 Å². The van der Waals surface area contributed by atoms with E-state index in [1.165, 1.54) is 52.8 Å². The molecule has 0 saturated carbocycles. The first kappa shape index (κ1) is 18.8. The summed E-state index contributed by atoms with van der Waals surface area (Å²) in [6.45, 7) is 0.950. The van der Waals surface area contributed by atoms with Crippen LogP contribution in [0.4, 0.5) is 10.1 Å². The molecule has 0 radical (unpaired) electrons. The van der Waals surface area contributed by atoms with Crippen LogP contribution in [0.2, 0.25) is 0 Å². The van der Waals surface area contributed by atoms with Gasteiger partial charge in [-0.15, -0.1) is 0 Å². The maximum atomic E-state index is 12.9. The molecule has 0 amide bonds. The summed E-state index contributed by atoms with van der Waals surface area (Å²) in [4.78, 5) is 0.0568. The smallest absolute Gasteiger partial charge is 0.243 e. The molecule has 0 atom stereocenters. The zero-order valence-electron chi connectivity index (χ0n) is 13.9. The van der Waals surface area contributed by atoms with Crippen LogP contribution in [0.25, 0.3) is 0 Å². The molecular formula is C17H19FN2O4S2. The minimum Gasteiger partial charge on any atom is -0.283 e. The maximum Gasteiger partial charge on any atom is 0.243 e. The van der Waals surface area contributed by atoms with E-state index in [0.29, 0.717) is 18.7 Å². The van der Waals surface area contributed by atoms with Gasteiger partial charge in [-0.1, -0.05) is 18.2 Å². The molecule has 0 unspecified atom stereocenters. The lowest BCUT2D eigenvalue weighted by atomic mass is 10.2. The Bertz CT molecular complexity index is 984. The van der Waals surface area contributed by atoms with E-state index < -0.39 is 25.9 Å². The molecule has 2 aromatic carbocycles. The highest BCUT2D eigenvalue weighted by molar-refractivity contribution is 7.92. The Kier molecular flexibility index (Phi) is 5.31. The van der Waals surface area contributed by atoms with Gasteiger partial charge in [0.05, 0.1) is 10.6 Å². The van der Waals surface area contributed by atoms with Crippen LogP contribution < -0.4 is 4.72 Å². The van der Waals surface area contributed by atoms with Crippen LogP contribution in [-0.4, -0.2) is 34.2 Å².